The molecule has 0 bridgehead atoms. The van der Waals surface area contributed by atoms with E-state index >= 15 is 0 Å². The molecule has 2 aliphatic heterocycles. The van der Waals surface area contributed by atoms with Crippen LogP contribution in [0.3, 0.4) is 0 Å². The summed E-state index contributed by atoms with van der Waals surface area (Å²) in [6.07, 6.45) is 7.38. The lowest BCUT2D eigenvalue weighted by atomic mass is 10.0. The van der Waals surface area contributed by atoms with E-state index in [1.54, 1.807) is 0 Å². The number of carbonyl (C=O) groups is 4. The van der Waals surface area contributed by atoms with Crippen molar-refractivity contribution in [1.29, 1.82) is 0 Å². The molecule has 5 atom stereocenters. The number of sulfonamides is 1. The summed E-state index contributed by atoms with van der Waals surface area (Å²) in [5.74, 6) is -2.75. The third-order valence-corrected chi connectivity index (χ3v) is 12.4. The Bertz CT molecular complexity index is 2060. The fourth-order valence-electron chi connectivity index (χ4n) is 7.30. The molecule has 1 saturated heterocycles. The number of nitrogens with one attached hydrogen (secondary N) is 3. The topological polar surface area (TPSA) is 184 Å². The number of ether oxygens (including phenoxy) is 1. The second kappa shape index (κ2) is 13.8. The minimum Gasteiger partial charge on any atom is -0.472 e. The van der Waals surface area contributed by atoms with E-state index in [1.807, 2.05) is 60.7 Å². The van der Waals surface area contributed by atoms with Gasteiger partial charge >= 0.3 is 0 Å². The molecule has 2 aromatic carbocycles. The predicted octanol–water partition coefficient (Wildman–Crippen LogP) is 3.00. The molecule has 0 unspecified atom stereocenters. The van der Waals surface area contributed by atoms with Crippen LogP contribution in [-0.4, -0.2) is 88.2 Å². The summed E-state index contributed by atoms with van der Waals surface area (Å²) in [7, 11) is -3.89. The van der Waals surface area contributed by atoms with Gasteiger partial charge in [0.25, 0.3) is 11.8 Å². The highest BCUT2D eigenvalue weighted by Crippen LogP contribution is 2.46. The number of nitrogens with zero attached hydrogens (tertiary/aromatic N) is 2. The molecular weight excluding hydrogens is 687 g/mol. The van der Waals surface area contributed by atoms with Gasteiger partial charge in [-0.2, -0.15) is 0 Å². The van der Waals surface area contributed by atoms with Crippen LogP contribution in [0.1, 0.15) is 71.6 Å². The lowest BCUT2D eigenvalue weighted by Crippen LogP contribution is -2.59. The molecule has 7 rings (SSSR count). The van der Waals surface area contributed by atoms with E-state index in [4.69, 9.17) is 9.72 Å². The first kappa shape index (κ1) is 35.8. The lowest BCUT2D eigenvalue weighted by molar-refractivity contribution is -0.145. The molecular formula is C38H45N5O8S. The fraction of sp³-hybridized carbons (Fsp3) is 0.500. The smallest absolute Gasteiger partial charge is 0.259 e. The van der Waals surface area contributed by atoms with E-state index in [1.165, 1.54) is 18.7 Å². The molecule has 52 heavy (non-hydrogen) atoms. The van der Waals surface area contributed by atoms with Crippen molar-refractivity contribution < 1.29 is 37.4 Å². The summed E-state index contributed by atoms with van der Waals surface area (Å²) in [4.78, 5) is 61.6. The fourth-order valence-corrected chi connectivity index (χ4v) is 8.67. The number of fused-ring (bicyclic) bond motifs is 5. The first-order valence-corrected chi connectivity index (χ1v) is 19.6. The van der Waals surface area contributed by atoms with E-state index in [0.29, 0.717) is 37.1 Å². The second-order valence-electron chi connectivity index (χ2n) is 15.1. The average molecular weight is 732 g/mol. The minimum atomic E-state index is -3.89. The first-order chi connectivity index (χ1) is 24.8. The van der Waals surface area contributed by atoms with Gasteiger partial charge in [0.05, 0.1) is 17.3 Å². The maximum atomic E-state index is 14.4. The van der Waals surface area contributed by atoms with Gasteiger partial charge in [-0.25, -0.2) is 13.4 Å². The van der Waals surface area contributed by atoms with Gasteiger partial charge in [0.15, 0.2) is 0 Å². The minimum absolute atomic E-state index is 0.0206. The van der Waals surface area contributed by atoms with Crippen LogP contribution in [0.2, 0.25) is 0 Å². The van der Waals surface area contributed by atoms with Crippen molar-refractivity contribution in [2.75, 3.05) is 6.54 Å². The number of hydrogen-bond donors (Lipinski definition) is 4. The highest BCUT2D eigenvalue weighted by molar-refractivity contribution is 7.91. The quantitative estimate of drug-likeness (QED) is 0.210. The van der Waals surface area contributed by atoms with E-state index < -0.39 is 74.1 Å². The molecule has 2 aliphatic carbocycles. The van der Waals surface area contributed by atoms with Crippen molar-refractivity contribution in [3.63, 3.8) is 0 Å². The van der Waals surface area contributed by atoms with Crippen LogP contribution in [-0.2, 0) is 29.2 Å². The van der Waals surface area contributed by atoms with Crippen molar-refractivity contribution >= 4 is 55.3 Å². The first-order valence-electron chi connectivity index (χ1n) is 18.1. The SMILES string of the molecule is CC(C)(O)C(=O)N[C@H]1CCCCCC=C[C@@H]2C[C@@]2(C(=O)NS(=O)(=O)C2CC2)NC(=O)[C@@H]2C[C@@H](Oc3nc4ccccc4c4ccccc34)CN2C1=O. The monoisotopic (exact) mass is 731 g/mol. The summed E-state index contributed by atoms with van der Waals surface area (Å²) in [6.45, 7) is 2.65. The number of hydrogen-bond acceptors (Lipinski definition) is 9. The zero-order valence-corrected chi connectivity index (χ0v) is 30.2. The number of benzene rings is 2. The summed E-state index contributed by atoms with van der Waals surface area (Å²) in [6, 6.07) is 13.2. The maximum absolute atomic E-state index is 14.4. The highest BCUT2D eigenvalue weighted by atomic mass is 32.2. The van der Waals surface area contributed by atoms with Gasteiger partial charge in [0.2, 0.25) is 27.7 Å². The average Bonchev–Trinajstić information content (AvgIpc) is 4.03. The number of amides is 4. The van der Waals surface area contributed by atoms with Crippen LogP contribution in [0.5, 0.6) is 5.88 Å². The Labute approximate surface area is 302 Å². The number of pyridine rings is 1. The standard InChI is InChI=1S/C38H45N5O8S/c1-37(2,48)35(46)40-30-17-7-5-3-4-6-12-23-21-38(23,36(47)42-52(49,50)25-18-19-25)41-32(44)31-20-24(22-43(31)34(30)45)51-33-28-15-9-8-13-26(28)27-14-10-11-16-29(27)39-33/h6,8-16,23-25,30-31,48H,3-5,7,17-22H2,1-2H3,(H,40,46)(H,41,44)(H,42,47)/t23-,24-,30+,31+,38-/m1/s1. The van der Waals surface area contributed by atoms with Crippen molar-refractivity contribution in [3.05, 3.63) is 60.7 Å². The Hall–Kier alpha value is -4.56. The molecule has 3 heterocycles. The molecule has 3 fully saturated rings. The normalized spacial score (nSPS) is 27.2. The lowest BCUT2D eigenvalue weighted by Gasteiger charge is -2.31. The summed E-state index contributed by atoms with van der Waals surface area (Å²) in [5, 5.41) is 18.0. The molecule has 4 amide bonds. The van der Waals surface area contributed by atoms with Crippen LogP contribution in [0.25, 0.3) is 21.7 Å². The van der Waals surface area contributed by atoms with Gasteiger partial charge < -0.3 is 25.4 Å². The maximum Gasteiger partial charge on any atom is 0.259 e. The predicted molar refractivity (Wildman–Crippen MR) is 193 cm³/mol. The van der Waals surface area contributed by atoms with Gasteiger partial charge in [-0.3, -0.25) is 23.9 Å². The Kier molecular flexibility index (Phi) is 9.49. The van der Waals surface area contributed by atoms with Crippen LogP contribution in [0.4, 0.5) is 0 Å². The van der Waals surface area contributed by atoms with Crippen LogP contribution < -0.4 is 20.1 Å². The summed E-state index contributed by atoms with van der Waals surface area (Å²) < 4.78 is 34.4. The number of carbonyl (C=O) groups excluding carboxylic acids is 4. The van der Waals surface area contributed by atoms with Crippen LogP contribution in [0.15, 0.2) is 60.7 Å². The highest BCUT2D eigenvalue weighted by Gasteiger charge is 2.62. The zero-order valence-electron chi connectivity index (χ0n) is 29.3. The largest absolute Gasteiger partial charge is 0.472 e. The van der Waals surface area contributed by atoms with Crippen molar-refractivity contribution in [1.82, 2.24) is 25.2 Å². The number of allylic oxidation sites excluding steroid dienone is 1. The number of aromatic nitrogens is 1. The van der Waals surface area contributed by atoms with E-state index in [2.05, 4.69) is 15.4 Å². The van der Waals surface area contributed by atoms with Crippen molar-refractivity contribution in [2.45, 2.75) is 106 Å². The third kappa shape index (κ3) is 7.23. The van der Waals surface area contributed by atoms with E-state index in [9.17, 15) is 32.7 Å². The van der Waals surface area contributed by atoms with E-state index in [0.717, 1.165) is 29.0 Å². The van der Waals surface area contributed by atoms with E-state index in [-0.39, 0.29) is 25.8 Å². The Balaban J connectivity index is 1.22. The van der Waals surface area contributed by atoms with Crippen molar-refractivity contribution in [2.24, 2.45) is 5.92 Å². The molecule has 276 valence electrons. The Morgan fingerprint density at radius 1 is 1.00 bits per heavy atom. The van der Waals surface area contributed by atoms with Crippen LogP contribution >= 0.6 is 0 Å². The molecule has 3 aromatic rings. The van der Waals surface area contributed by atoms with Crippen molar-refractivity contribution in [3.8, 4) is 5.88 Å². The number of rotatable bonds is 7. The van der Waals surface area contributed by atoms with Gasteiger partial charge in [0.1, 0.15) is 29.3 Å². The van der Waals surface area contributed by atoms with Gasteiger partial charge in [-0.1, -0.05) is 61.4 Å². The molecule has 0 radical (unpaired) electrons. The second-order valence-corrected chi connectivity index (χ2v) is 17.0. The van der Waals surface area contributed by atoms with Gasteiger partial charge in [-0.05, 0) is 69.9 Å². The molecule has 14 heteroatoms. The Morgan fingerprint density at radius 3 is 2.44 bits per heavy atom. The number of para-hydroxylation sites is 1. The molecule has 2 saturated carbocycles. The summed E-state index contributed by atoms with van der Waals surface area (Å²) in [5.41, 5.74) is -2.54. The zero-order chi connectivity index (χ0) is 36.8. The number of aliphatic hydroxyl groups is 1. The Morgan fingerprint density at radius 2 is 1.71 bits per heavy atom. The van der Waals surface area contributed by atoms with Crippen LogP contribution in [0, 0.1) is 5.92 Å². The molecule has 1 aromatic heterocycles. The third-order valence-electron chi connectivity index (χ3n) is 10.6. The molecule has 13 nitrogen and oxygen atoms in total. The molecule has 0 spiro atoms. The molecule has 4 N–H and O–H groups in total. The van der Waals surface area contributed by atoms with Gasteiger partial charge in [-0.15, -0.1) is 0 Å². The summed E-state index contributed by atoms with van der Waals surface area (Å²) >= 11 is 0. The van der Waals surface area contributed by atoms with Gasteiger partial charge in [0, 0.05) is 23.1 Å². The molecule has 4 aliphatic rings.